The summed E-state index contributed by atoms with van der Waals surface area (Å²) >= 11 is 1.41. The quantitative estimate of drug-likeness (QED) is 0.844. The fraction of sp³-hybridized carbons (Fsp3) is 0.357. The molecule has 0 N–H and O–H groups in total. The Balaban J connectivity index is 1.73. The molecule has 1 atom stereocenters. The van der Waals surface area contributed by atoms with Gasteiger partial charge in [0.2, 0.25) is 0 Å². The molecular formula is C14H15N3OS. The number of thiazole rings is 1. The molecule has 0 bridgehead atoms. The van der Waals surface area contributed by atoms with Gasteiger partial charge in [0.1, 0.15) is 4.88 Å². The van der Waals surface area contributed by atoms with Gasteiger partial charge in [-0.1, -0.05) is 0 Å². The fourth-order valence-corrected chi connectivity index (χ4v) is 3.13. The highest BCUT2D eigenvalue weighted by molar-refractivity contribution is 7.11. The Morgan fingerprint density at radius 2 is 2.16 bits per heavy atom. The van der Waals surface area contributed by atoms with Crippen molar-refractivity contribution in [2.75, 3.05) is 13.1 Å². The van der Waals surface area contributed by atoms with Crippen molar-refractivity contribution in [2.24, 2.45) is 0 Å². The molecule has 1 amide bonds. The van der Waals surface area contributed by atoms with Gasteiger partial charge in [0.25, 0.3) is 5.91 Å². The zero-order valence-corrected chi connectivity index (χ0v) is 11.3. The molecule has 1 fully saturated rings. The van der Waals surface area contributed by atoms with E-state index in [0.29, 0.717) is 5.92 Å². The van der Waals surface area contributed by atoms with Gasteiger partial charge < -0.3 is 4.90 Å². The van der Waals surface area contributed by atoms with Crippen LogP contribution in [0.15, 0.2) is 36.2 Å². The van der Waals surface area contributed by atoms with Crippen LogP contribution in [0.2, 0.25) is 0 Å². The van der Waals surface area contributed by atoms with Gasteiger partial charge in [-0.05, 0) is 30.5 Å². The first kappa shape index (κ1) is 12.3. The number of nitrogens with zero attached hydrogens (tertiary/aromatic N) is 3. The molecule has 0 saturated carbocycles. The highest BCUT2D eigenvalue weighted by Crippen LogP contribution is 2.27. The van der Waals surface area contributed by atoms with Gasteiger partial charge in [-0.25, -0.2) is 0 Å². The molecule has 19 heavy (non-hydrogen) atoms. The average molecular weight is 273 g/mol. The predicted molar refractivity (Wildman–Crippen MR) is 74.2 cm³/mol. The van der Waals surface area contributed by atoms with Crippen LogP contribution in [0.3, 0.4) is 0 Å². The Morgan fingerprint density at radius 1 is 1.32 bits per heavy atom. The molecule has 2 aromatic rings. The number of hydrogen-bond donors (Lipinski definition) is 0. The molecule has 1 unspecified atom stereocenters. The van der Waals surface area contributed by atoms with E-state index in [1.165, 1.54) is 16.9 Å². The highest BCUT2D eigenvalue weighted by Gasteiger charge is 2.25. The molecule has 3 heterocycles. The molecule has 4 nitrogen and oxygen atoms in total. The third-order valence-electron chi connectivity index (χ3n) is 3.53. The lowest BCUT2D eigenvalue weighted by molar-refractivity contribution is 0.0712. The summed E-state index contributed by atoms with van der Waals surface area (Å²) < 4.78 is 0. The number of carbonyl (C=O) groups is 1. The predicted octanol–water partition coefficient (Wildman–Crippen LogP) is 2.56. The summed E-state index contributed by atoms with van der Waals surface area (Å²) in [5, 5.41) is 0. The van der Waals surface area contributed by atoms with Crippen molar-refractivity contribution in [1.82, 2.24) is 14.9 Å². The Kier molecular flexibility index (Phi) is 3.55. The lowest BCUT2D eigenvalue weighted by Crippen LogP contribution is -2.38. The molecule has 2 aromatic heterocycles. The van der Waals surface area contributed by atoms with Crippen LogP contribution in [0.4, 0.5) is 0 Å². The van der Waals surface area contributed by atoms with E-state index in [4.69, 9.17) is 0 Å². The molecule has 1 saturated heterocycles. The molecule has 98 valence electrons. The first-order chi connectivity index (χ1) is 9.34. The summed E-state index contributed by atoms with van der Waals surface area (Å²) in [7, 11) is 0. The van der Waals surface area contributed by atoms with Crippen molar-refractivity contribution in [1.29, 1.82) is 0 Å². The molecule has 0 aromatic carbocycles. The lowest BCUT2D eigenvalue weighted by atomic mass is 9.91. The molecule has 3 rings (SSSR count). The number of hydrogen-bond acceptors (Lipinski definition) is 4. The fourth-order valence-electron chi connectivity index (χ4n) is 2.55. The topological polar surface area (TPSA) is 46.1 Å². The number of likely N-dealkylation sites (tertiary alicyclic amines) is 1. The standard InChI is InChI=1S/C14H15N3OS/c18-14(13-8-16-10-19-13)17-7-1-2-12(9-17)11-3-5-15-6-4-11/h3-6,8,10,12H,1-2,7,9H2. The Hall–Kier alpha value is -1.75. The number of amides is 1. The zero-order valence-electron chi connectivity index (χ0n) is 10.5. The molecule has 5 heteroatoms. The van der Waals surface area contributed by atoms with E-state index >= 15 is 0 Å². The first-order valence-corrected chi connectivity index (χ1v) is 7.30. The molecule has 1 aliphatic rings. The minimum absolute atomic E-state index is 0.112. The highest BCUT2D eigenvalue weighted by atomic mass is 32.1. The molecule has 0 aliphatic carbocycles. The lowest BCUT2D eigenvalue weighted by Gasteiger charge is -2.32. The number of pyridine rings is 1. The van der Waals surface area contributed by atoms with Gasteiger partial charge in [0.05, 0.1) is 11.7 Å². The number of carbonyl (C=O) groups excluding carboxylic acids is 1. The third-order valence-corrected chi connectivity index (χ3v) is 4.29. The van der Waals surface area contributed by atoms with E-state index in [1.54, 1.807) is 11.7 Å². The maximum Gasteiger partial charge on any atom is 0.265 e. The van der Waals surface area contributed by atoms with E-state index in [1.807, 2.05) is 29.4 Å². The van der Waals surface area contributed by atoms with Crippen molar-refractivity contribution in [2.45, 2.75) is 18.8 Å². The van der Waals surface area contributed by atoms with E-state index in [9.17, 15) is 4.79 Å². The summed E-state index contributed by atoms with van der Waals surface area (Å²) in [6.45, 7) is 1.64. The van der Waals surface area contributed by atoms with Crippen molar-refractivity contribution in [3.8, 4) is 0 Å². The van der Waals surface area contributed by atoms with E-state index in [-0.39, 0.29) is 5.91 Å². The van der Waals surface area contributed by atoms with Crippen LogP contribution in [-0.4, -0.2) is 33.9 Å². The van der Waals surface area contributed by atoms with Crippen molar-refractivity contribution in [3.63, 3.8) is 0 Å². The van der Waals surface area contributed by atoms with Crippen LogP contribution >= 0.6 is 11.3 Å². The monoisotopic (exact) mass is 273 g/mol. The maximum atomic E-state index is 12.3. The van der Waals surface area contributed by atoms with Gasteiger partial charge in [-0.15, -0.1) is 11.3 Å². The Bertz CT molecular complexity index is 541. The van der Waals surface area contributed by atoms with Crippen LogP contribution in [0, 0.1) is 0 Å². The summed E-state index contributed by atoms with van der Waals surface area (Å²) in [6, 6.07) is 4.09. The molecule has 1 aliphatic heterocycles. The number of aromatic nitrogens is 2. The van der Waals surface area contributed by atoms with Crippen LogP contribution in [0.25, 0.3) is 0 Å². The maximum absolute atomic E-state index is 12.3. The summed E-state index contributed by atoms with van der Waals surface area (Å²) in [5.41, 5.74) is 2.98. The molecular weight excluding hydrogens is 258 g/mol. The van der Waals surface area contributed by atoms with E-state index < -0.39 is 0 Å². The molecule has 0 radical (unpaired) electrons. The van der Waals surface area contributed by atoms with Gasteiger partial charge in [-0.3, -0.25) is 14.8 Å². The second kappa shape index (κ2) is 5.48. The van der Waals surface area contributed by atoms with Crippen LogP contribution < -0.4 is 0 Å². The minimum Gasteiger partial charge on any atom is -0.337 e. The van der Waals surface area contributed by atoms with Gasteiger partial charge in [0, 0.05) is 31.4 Å². The summed E-state index contributed by atoms with van der Waals surface area (Å²) in [4.78, 5) is 23.0. The average Bonchev–Trinajstić information content (AvgIpc) is 3.02. The second-order valence-electron chi connectivity index (χ2n) is 4.74. The SMILES string of the molecule is O=C(c1cncs1)N1CCCC(c2ccncc2)C1. The smallest absolute Gasteiger partial charge is 0.265 e. The van der Waals surface area contributed by atoms with Crippen molar-refractivity contribution in [3.05, 3.63) is 46.7 Å². The largest absolute Gasteiger partial charge is 0.337 e. The van der Waals surface area contributed by atoms with E-state index in [2.05, 4.69) is 9.97 Å². The van der Waals surface area contributed by atoms with Gasteiger partial charge in [-0.2, -0.15) is 0 Å². The summed E-state index contributed by atoms with van der Waals surface area (Å²) in [5.74, 6) is 0.537. The van der Waals surface area contributed by atoms with Crippen LogP contribution in [-0.2, 0) is 0 Å². The third kappa shape index (κ3) is 2.66. The van der Waals surface area contributed by atoms with Gasteiger partial charge in [0.15, 0.2) is 0 Å². The van der Waals surface area contributed by atoms with E-state index in [0.717, 1.165) is 30.8 Å². The Labute approximate surface area is 116 Å². The summed E-state index contributed by atoms with van der Waals surface area (Å²) in [6.07, 6.45) is 7.48. The normalized spacial score (nSPS) is 19.4. The first-order valence-electron chi connectivity index (χ1n) is 6.42. The number of piperidine rings is 1. The van der Waals surface area contributed by atoms with Crippen molar-refractivity contribution < 1.29 is 4.79 Å². The van der Waals surface area contributed by atoms with Crippen LogP contribution in [0.1, 0.15) is 34.0 Å². The Morgan fingerprint density at radius 3 is 2.89 bits per heavy atom. The number of rotatable bonds is 2. The second-order valence-corrected chi connectivity index (χ2v) is 5.62. The van der Waals surface area contributed by atoms with Crippen molar-refractivity contribution >= 4 is 17.2 Å². The zero-order chi connectivity index (χ0) is 13.1. The van der Waals surface area contributed by atoms with Crippen LogP contribution in [0.5, 0.6) is 0 Å². The molecule has 0 spiro atoms. The minimum atomic E-state index is 0.112. The van der Waals surface area contributed by atoms with Gasteiger partial charge >= 0.3 is 0 Å².